The van der Waals surface area contributed by atoms with Crippen LogP contribution < -0.4 is 14.9 Å². The number of pyridine rings is 1. The first-order valence-electron chi connectivity index (χ1n) is 13.8. The quantitative estimate of drug-likeness (QED) is 0.320. The zero-order valence-corrected chi connectivity index (χ0v) is 26.0. The summed E-state index contributed by atoms with van der Waals surface area (Å²) >= 11 is 13.2. The van der Waals surface area contributed by atoms with Gasteiger partial charge in [0.15, 0.2) is 0 Å². The molecule has 0 saturated heterocycles. The smallest absolute Gasteiger partial charge is 0.255 e. The Labute approximate surface area is 260 Å². The van der Waals surface area contributed by atoms with Gasteiger partial charge in [-0.05, 0) is 48.7 Å². The lowest BCUT2D eigenvalue weighted by atomic mass is 9.76. The molecule has 1 fully saturated rings. The van der Waals surface area contributed by atoms with Crippen LogP contribution in [0.1, 0.15) is 64.8 Å². The van der Waals surface area contributed by atoms with Crippen molar-refractivity contribution in [1.82, 2.24) is 20.1 Å². The van der Waals surface area contributed by atoms with Crippen molar-refractivity contribution >= 4 is 45.0 Å². The summed E-state index contributed by atoms with van der Waals surface area (Å²) in [6.45, 7) is 0.0161. The van der Waals surface area contributed by atoms with Gasteiger partial charge in [0.05, 0.1) is 36.0 Å². The predicted octanol–water partition coefficient (Wildman–Crippen LogP) is 4.79. The van der Waals surface area contributed by atoms with Crippen LogP contribution >= 0.6 is 23.2 Å². The van der Waals surface area contributed by atoms with Crippen molar-refractivity contribution in [3.63, 3.8) is 0 Å². The van der Waals surface area contributed by atoms with Crippen LogP contribution in [0.15, 0.2) is 60.8 Å². The molecule has 1 aliphatic heterocycles. The van der Waals surface area contributed by atoms with Crippen LogP contribution in [-0.2, 0) is 26.3 Å². The number of sulfonamides is 1. The standard InChI is InChI=1S/C30H32Cl2N4O6S/c1-41-25-16-18(31)15-22(32)27(25)28-26(29(37)34-42-17-19-9-7-8-14-33-19)20-10-3-4-11-21(20)30(38)36(28)24-13-6-5-12-23(24)35-43(2,39)40/h3-4,7-11,14-16,23-24,26,28,35H,5-6,12-13,17H2,1-2H3,(H,34,37)/t23-,24-,26+,28+/m0/s1. The molecule has 10 nitrogen and oxygen atoms in total. The molecule has 2 aliphatic rings. The van der Waals surface area contributed by atoms with Crippen molar-refractivity contribution in [2.75, 3.05) is 13.4 Å². The van der Waals surface area contributed by atoms with Gasteiger partial charge in [-0.2, -0.15) is 0 Å². The molecule has 0 radical (unpaired) electrons. The summed E-state index contributed by atoms with van der Waals surface area (Å²) in [6, 6.07) is 13.2. The topological polar surface area (TPSA) is 127 Å². The van der Waals surface area contributed by atoms with Crippen LogP contribution in [0, 0.1) is 0 Å². The number of hydroxylamine groups is 1. The summed E-state index contributed by atoms with van der Waals surface area (Å²) in [7, 11) is -2.16. The number of hydrogen-bond acceptors (Lipinski definition) is 7. The van der Waals surface area contributed by atoms with Crippen LogP contribution in [0.5, 0.6) is 5.75 Å². The average molecular weight is 648 g/mol. The highest BCUT2D eigenvalue weighted by molar-refractivity contribution is 7.88. The maximum absolute atomic E-state index is 14.4. The van der Waals surface area contributed by atoms with E-state index in [2.05, 4.69) is 15.2 Å². The van der Waals surface area contributed by atoms with E-state index in [1.54, 1.807) is 53.6 Å². The molecule has 2 heterocycles. The Balaban J connectivity index is 1.65. The van der Waals surface area contributed by atoms with Gasteiger partial charge in [0.1, 0.15) is 12.4 Å². The van der Waals surface area contributed by atoms with Crippen LogP contribution in [-0.4, -0.2) is 55.6 Å². The highest BCUT2D eigenvalue weighted by Crippen LogP contribution is 2.50. The summed E-state index contributed by atoms with van der Waals surface area (Å²) in [5, 5.41) is 0.510. The average Bonchev–Trinajstić information content (AvgIpc) is 2.97. The van der Waals surface area contributed by atoms with Crippen LogP contribution in [0.3, 0.4) is 0 Å². The molecule has 0 unspecified atom stereocenters. The van der Waals surface area contributed by atoms with Gasteiger partial charge in [-0.1, -0.05) is 60.3 Å². The third-order valence-corrected chi connectivity index (χ3v) is 9.06. The number of halogens is 2. The van der Waals surface area contributed by atoms with Crippen molar-refractivity contribution < 1.29 is 27.6 Å². The normalized spacial score (nSPS) is 22.1. The number of nitrogens with one attached hydrogen (secondary N) is 2. The lowest BCUT2D eigenvalue weighted by Gasteiger charge is -2.49. The van der Waals surface area contributed by atoms with Gasteiger partial charge in [-0.15, -0.1) is 0 Å². The van der Waals surface area contributed by atoms with Gasteiger partial charge in [-0.25, -0.2) is 18.6 Å². The Bertz CT molecular complexity index is 1610. The zero-order valence-electron chi connectivity index (χ0n) is 23.6. The van der Waals surface area contributed by atoms with Crippen LogP contribution in [0.4, 0.5) is 0 Å². The van der Waals surface area contributed by atoms with E-state index in [4.69, 9.17) is 32.8 Å². The summed E-state index contributed by atoms with van der Waals surface area (Å²) in [5.41, 5.74) is 4.36. The first kappa shape index (κ1) is 31.2. The van der Waals surface area contributed by atoms with Crippen LogP contribution in [0.2, 0.25) is 10.0 Å². The van der Waals surface area contributed by atoms with Gasteiger partial charge < -0.3 is 9.64 Å². The minimum atomic E-state index is -3.61. The Hall–Kier alpha value is -3.22. The van der Waals surface area contributed by atoms with Crippen molar-refractivity contribution in [3.05, 3.63) is 93.2 Å². The monoisotopic (exact) mass is 646 g/mol. The summed E-state index contributed by atoms with van der Waals surface area (Å²) < 4.78 is 33.2. The van der Waals surface area contributed by atoms with E-state index in [1.165, 1.54) is 13.2 Å². The third kappa shape index (κ3) is 6.81. The first-order valence-corrected chi connectivity index (χ1v) is 16.5. The molecule has 2 N–H and O–H groups in total. The van der Waals surface area contributed by atoms with Gasteiger partial charge >= 0.3 is 0 Å². The molecule has 1 aliphatic carbocycles. The minimum Gasteiger partial charge on any atom is -0.496 e. The number of fused-ring (bicyclic) bond motifs is 1. The Kier molecular flexibility index (Phi) is 9.57. The number of hydrogen-bond donors (Lipinski definition) is 2. The third-order valence-electron chi connectivity index (χ3n) is 7.80. The maximum atomic E-state index is 14.4. The number of ether oxygens (including phenoxy) is 1. The minimum absolute atomic E-state index is 0.0161. The molecule has 0 spiro atoms. The van der Waals surface area contributed by atoms with E-state index in [0.29, 0.717) is 40.2 Å². The van der Waals surface area contributed by atoms with E-state index in [1.807, 2.05) is 6.07 Å². The van der Waals surface area contributed by atoms with Gasteiger partial charge in [0.2, 0.25) is 10.0 Å². The number of methoxy groups -OCH3 is 1. The number of aromatic nitrogens is 1. The summed E-state index contributed by atoms with van der Waals surface area (Å²) in [4.78, 5) is 40.0. The van der Waals surface area contributed by atoms with Crippen molar-refractivity contribution in [2.24, 2.45) is 0 Å². The number of nitrogens with zero attached hydrogens (tertiary/aromatic N) is 2. The van der Waals surface area contributed by atoms with E-state index in [0.717, 1.165) is 19.1 Å². The van der Waals surface area contributed by atoms with E-state index in [9.17, 15) is 18.0 Å². The van der Waals surface area contributed by atoms with Gasteiger partial charge in [0, 0.05) is 34.4 Å². The molecule has 1 aromatic heterocycles. The second-order valence-corrected chi connectivity index (χ2v) is 13.3. The highest BCUT2D eigenvalue weighted by Gasteiger charge is 2.50. The van der Waals surface area contributed by atoms with Gasteiger partial charge in [0.25, 0.3) is 11.8 Å². The van der Waals surface area contributed by atoms with E-state index < -0.39 is 40.0 Å². The Morgan fingerprint density at radius 2 is 1.84 bits per heavy atom. The van der Waals surface area contributed by atoms with Gasteiger partial charge in [-0.3, -0.25) is 19.4 Å². The molecular weight excluding hydrogens is 615 g/mol. The number of rotatable bonds is 9. The fraction of sp³-hybridized carbons (Fsp3) is 0.367. The lowest BCUT2D eigenvalue weighted by Crippen LogP contribution is -2.59. The van der Waals surface area contributed by atoms with E-state index >= 15 is 0 Å². The Morgan fingerprint density at radius 1 is 1.09 bits per heavy atom. The molecule has 13 heteroatoms. The molecule has 0 bridgehead atoms. The van der Waals surface area contributed by atoms with Crippen molar-refractivity contribution in [2.45, 2.75) is 56.3 Å². The molecule has 43 heavy (non-hydrogen) atoms. The van der Waals surface area contributed by atoms with Crippen LogP contribution in [0.25, 0.3) is 0 Å². The highest BCUT2D eigenvalue weighted by atomic mass is 35.5. The molecule has 2 aromatic carbocycles. The van der Waals surface area contributed by atoms with Crippen molar-refractivity contribution in [1.29, 1.82) is 0 Å². The number of benzene rings is 2. The Morgan fingerprint density at radius 3 is 2.56 bits per heavy atom. The van der Waals surface area contributed by atoms with Crippen molar-refractivity contribution in [3.8, 4) is 5.75 Å². The fourth-order valence-corrected chi connectivity index (χ4v) is 7.52. The molecule has 3 aromatic rings. The number of carbonyl (C=O) groups excluding carboxylic acids is 2. The summed E-state index contributed by atoms with van der Waals surface area (Å²) in [6.07, 6.45) is 5.29. The molecular formula is C30H32Cl2N4O6S. The second kappa shape index (κ2) is 13.2. The molecule has 5 rings (SSSR count). The first-order chi connectivity index (χ1) is 20.6. The molecule has 1 saturated carbocycles. The van der Waals surface area contributed by atoms with E-state index in [-0.39, 0.29) is 23.3 Å². The molecule has 4 atom stereocenters. The second-order valence-electron chi connectivity index (χ2n) is 10.7. The number of amides is 2. The zero-order chi connectivity index (χ0) is 30.7. The largest absolute Gasteiger partial charge is 0.496 e. The number of carbonyl (C=O) groups is 2. The molecule has 2 amide bonds. The maximum Gasteiger partial charge on any atom is 0.255 e. The SMILES string of the molecule is COc1cc(Cl)cc(Cl)c1[C@H]1[C@H](C(=O)NOCc2ccccn2)c2ccccc2C(=O)N1[C@H]1CCCC[C@@H]1NS(C)(=O)=O. The molecule has 228 valence electrons. The predicted molar refractivity (Wildman–Crippen MR) is 162 cm³/mol. The fourth-order valence-electron chi connectivity index (χ4n) is 6.11. The lowest BCUT2D eigenvalue weighted by molar-refractivity contribution is -0.138. The summed E-state index contributed by atoms with van der Waals surface area (Å²) in [5.74, 6) is -1.59.